The van der Waals surface area contributed by atoms with Gasteiger partial charge >= 0.3 is 6.18 Å². The van der Waals surface area contributed by atoms with Crippen LogP contribution in [0.15, 0.2) is 24.5 Å². The Morgan fingerprint density at radius 2 is 2.05 bits per heavy atom. The van der Waals surface area contributed by atoms with Crippen molar-refractivity contribution in [1.82, 2.24) is 29.8 Å². The van der Waals surface area contributed by atoms with Crippen LogP contribution < -0.4 is 0 Å². The lowest BCUT2D eigenvalue weighted by atomic mass is 10.2. The summed E-state index contributed by atoms with van der Waals surface area (Å²) < 4.78 is 39.0. The van der Waals surface area contributed by atoms with Crippen LogP contribution in [0.25, 0.3) is 26.6 Å². The highest BCUT2D eigenvalue weighted by Crippen LogP contribution is 2.32. The van der Waals surface area contributed by atoms with E-state index in [-0.39, 0.29) is 4.96 Å². The van der Waals surface area contributed by atoms with Crippen LogP contribution in [-0.2, 0) is 6.18 Å². The number of hydrogen-bond donors (Lipinski definition) is 1. The molecule has 0 atom stereocenters. The Morgan fingerprint density at radius 1 is 1.19 bits per heavy atom. The molecule has 4 rings (SSSR count). The second kappa shape index (κ2) is 4.01. The van der Waals surface area contributed by atoms with Crippen LogP contribution in [0.4, 0.5) is 13.2 Å². The molecule has 1 aromatic carbocycles. The summed E-state index contributed by atoms with van der Waals surface area (Å²) in [4.78, 5) is 7.13. The second-order valence-corrected chi connectivity index (χ2v) is 5.21. The van der Waals surface area contributed by atoms with Crippen LogP contribution in [0, 0.1) is 0 Å². The van der Waals surface area contributed by atoms with Gasteiger partial charge in [-0.15, -0.1) is 10.2 Å². The molecule has 0 unspecified atom stereocenters. The van der Waals surface area contributed by atoms with Crippen molar-refractivity contribution >= 4 is 27.3 Å². The maximum absolute atomic E-state index is 12.8. The van der Waals surface area contributed by atoms with Crippen LogP contribution in [-0.4, -0.2) is 29.8 Å². The van der Waals surface area contributed by atoms with E-state index >= 15 is 0 Å². The zero-order valence-corrected chi connectivity index (χ0v) is 10.9. The molecule has 6 nitrogen and oxygen atoms in total. The number of aromatic nitrogens is 6. The fourth-order valence-corrected chi connectivity index (χ4v) is 2.81. The lowest BCUT2D eigenvalue weighted by molar-refractivity contribution is -0.146. The Labute approximate surface area is 118 Å². The lowest BCUT2D eigenvalue weighted by Gasteiger charge is -2.00. The van der Waals surface area contributed by atoms with E-state index in [1.54, 1.807) is 24.5 Å². The van der Waals surface area contributed by atoms with E-state index in [1.165, 1.54) is 0 Å². The zero-order chi connectivity index (χ0) is 14.6. The normalized spacial score (nSPS) is 12.5. The SMILES string of the molecule is FC(F)(F)c1nnc2sc(-c3ccc4nc[nH]c4c3)nn12. The van der Waals surface area contributed by atoms with Crippen molar-refractivity contribution in [2.24, 2.45) is 0 Å². The number of rotatable bonds is 1. The standard InChI is InChI=1S/C11H5F3N6S/c12-11(13,14)9-17-18-10-20(9)19-8(21-10)5-1-2-6-7(3-5)16-4-15-6/h1-4H,(H,15,16). The highest BCUT2D eigenvalue weighted by atomic mass is 32.1. The van der Waals surface area contributed by atoms with Crippen molar-refractivity contribution in [1.29, 1.82) is 0 Å². The minimum Gasteiger partial charge on any atom is -0.345 e. The van der Waals surface area contributed by atoms with Crippen LogP contribution in [0.5, 0.6) is 0 Å². The number of halogens is 3. The summed E-state index contributed by atoms with van der Waals surface area (Å²) in [6.07, 6.45) is -3.03. The summed E-state index contributed by atoms with van der Waals surface area (Å²) in [5.41, 5.74) is 2.25. The van der Waals surface area contributed by atoms with Gasteiger partial charge in [-0.25, -0.2) is 4.98 Å². The Bertz CT molecular complexity index is 950. The van der Waals surface area contributed by atoms with E-state index in [0.717, 1.165) is 26.9 Å². The topological polar surface area (TPSA) is 71.8 Å². The molecule has 0 aliphatic heterocycles. The largest absolute Gasteiger partial charge is 0.453 e. The Morgan fingerprint density at radius 3 is 2.86 bits per heavy atom. The van der Waals surface area contributed by atoms with Gasteiger partial charge in [-0.1, -0.05) is 11.3 Å². The quantitative estimate of drug-likeness (QED) is 0.587. The number of hydrogen-bond acceptors (Lipinski definition) is 5. The minimum atomic E-state index is -4.59. The Balaban J connectivity index is 1.88. The lowest BCUT2D eigenvalue weighted by Crippen LogP contribution is -2.11. The fourth-order valence-electron chi connectivity index (χ4n) is 1.98. The highest BCUT2D eigenvalue weighted by Gasteiger charge is 2.38. The zero-order valence-electron chi connectivity index (χ0n) is 10.1. The van der Waals surface area contributed by atoms with Gasteiger partial charge in [-0.3, -0.25) is 0 Å². The third-order valence-electron chi connectivity index (χ3n) is 2.91. The van der Waals surface area contributed by atoms with Gasteiger partial charge in [0.15, 0.2) is 0 Å². The van der Waals surface area contributed by atoms with E-state index in [1.807, 2.05) is 0 Å². The predicted molar refractivity (Wildman–Crippen MR) is 68.7 cm³/mol. The molecular formula is C11H5F3N6S. The van der Waals surface area contributed by atoms with Crippen molar-refractivity contribution in [3.05, 3.63) is 30.4 Å². The molecule has 106 valence electrons. The maximum Gasteiger partial charge on any atom is 0.453 e. The van der Waals surface area contributed by atoms with Crippen molar-refractivity contribution < 1.29 is 13.2 Å². The molecule has 0 aliphatic carbocycles. The summed E-state index contributed by atoms with van der Waals surface area (Å²) in [6, 6.07) is 5.30. The first-order valence-corrected chi connectivity index (χ1v) is 6.57. The molecule has 0 saturated heterocycles. The molecule has 1 N–H and O–H groups in total. The molecule has 0 radical (unpaired) electrons. The van der Waals surface area contributed by atoms with Crippen molar-refractivity contribution in [2.75, 3.05) is 0 Å². The maximum atomic E-state index is 12.8. The first-order chi connectivity index (χ1) is 10.0. The van der Waals surface area contributed by atoms with Gasteiger partial charge in [0.1, 0.15) is 5.01 Å². The molecule has 0 fully saturated rings. The van der Waals surface area contributed by atoms with Gasteiger partial charge < -0.3 is 4.98 Å². The third kappa shape index (κ3) is 1.87. The summed E-state index contributed by atoms with van der Waals surface area (Å²) in [7, 11) is 0. The van der Waals surface area contributed by atoms with E-state index < -0.39 is 12.0 Å². The fraction of sp³-hybridized carbons (Fsp3) is 0.0909. The predicted octanol–water partition coefficient (Wildman–Crippen LogP) is 2.75. The molecule has 21 heavy (non-hydrogen) atoms. The molecule has 10 heteroatoms. The van der Waals surface area contributed by atoms with E-state index in [0.29, 0.717) is 10.6 Å². The van der Waals surface area contributed by atoms with Crippen LogP contribution in [0.1, 0.15) is 5.82 Å². The van der Waals surface area contributed by atoms with Crippen molar-refractivity contribution in [2.45, 2.75) is 6.18 Å². The summed E-state index contributed by atoms with van der Waals surface area (Å²) in [5.74, 6) is -1.12. The van der Waals surface area contributed by atoms with Gasteiger partial charge in [0.05, 0.1) is 17.4 Å². The molecule has 3 heterocycles. The number of nitrogens with one attached hydrogen (secondary N) is 1. The van der Waals surface area contributed by atoms with E-state index in [2.05, 4.69) is 25.3 Å². The number of fused-ring (bicyclic) bond motifs is 2. The van der Waals surface area contributed by atoms with E-state index in [9.17, 15) is 13.2 Å². The molecule has 3 aromatic heterocycles. The van der Waals surface area contributed by atoms with Gasteiger partial charge in [0, 0.05) is 5.56 Å². The highest BCUT2D eigenvalue weighted by molar-refractivity contribution is 7.19. The average molecular weight is 310 g/mol. The van der Waals surface area contributed by atoms with Crippen LogP contribution in [0.3, 0.4) is 0 Å². The first kappa shape index (κ1) is 12.3. The minimum absolute atomic E-state index is 0.0991. The summed E-state index contributed by atoms with van der Waals surface area (Å²) in [6.45, 7) is 0. The molecular weight excluding hydrogens is 305 g/mol. The first-order valence-electron chi connectivity index (χ1n) is 5.75. The average Bonchev–Trinajstić information content (AvgIpc) is 3.10. The van der Waals surface area contributed by atoms with Gasteiger partial charge in [-0.05, 0) is 18.2 Å². The van der Waals surface area contributed by atoms with Gasteiger partial charge in [-0.2, -0.15) is 22.8 Å². The number of aromatic amines is 1. The smallest absolute Gasteiger partial charge is 0.345 e. The number of alkyl halides is 3. The van der Waals surface area contributed by atoms with Crippen molar-refractivity contribution in [3.63, 3.8) is 0 Å². The monoisotopic (exact) mass is 310 g/mol. The Hall–Kier alpha value is -2.49. The molecule has 0 amide bonds. The number of benzene rings is 1. The van der Waals surface area contributed by atoms with Crippen LogP contribution in [0.2, 0.25) is 0 Å². The molecule has 0 saturated carbocycles. The van der Waals surface area contributed by atoms with Crippen LogP contribution >= 0.6 is 11.3 Å². The molecule has 0 spiro atoms. The van der Waals surface area contributed by atoms with Crippen molar-refractivity contribution in [3.8, 4) is 10.6 Å². The van der Waals surface area contributed by atoms with Gasteiger partial charge in [0.25, 0.3) is 5.82 Å². The summed E-state index contributed by atoms with van der Waals surface area (Å²) >= 11 is 1.04. The third-order valence-corrected chi connectivity index (χ3v) is 3.86. The number of nitrogens with zero attached hydrogens (tertiary/aromatic N) is 5. The van der Waals surface area contributed by atoms with Gasteiger partial charge in [0.2, 0.25) is 4.96 Å². The number of H-pyrrole nitrogens is 1. The second-order valence-electron chi connectivity index (χ2n) is 4.26. The van der Waals surface area contributed by atoms with E-state index in [4.69, 9.17) is 0 Å². The molecule has 0 aliphatic rings. The Kier molecular flexibility index (Phi) is 2.34. The summed E-state index contributed by atoms with van der Waals surface area (Å²) in [5, 5.41) is 11.0. The number of imidazole rings is 1. The molecule has 0 bridgehead atoms. The molecule has 4 aromatic rings.